The van der Waals surface area contributed by atoms with Gasteiger partial charge in [-0.25, -0.2) is 0 Å². The first-order valence-corrected chi connectivity index (χ1v) is 8.39. The van der Waals surface area contributed by atoms with Gasteiger partial charge in [-0.3, -0.25) is 4.79 Å². The van der Waals surface area contributed by atoms with Gasteiger partial charge in [-0.1, -0.05) is 55.1 Å². The largest absolute Gasteiger partial charge is 0.485 e. The predicted molar refractivity (Wildman–Crippen MR) is 102 cm³/mol. The second-order valence-corrected chi connectivity index (χ2v) is 7.09. The number of rotatable bonds is 8. The summed E-state index contributed by atoms with van der Waals surface area (Å²) in [6.07, 6.45) is 1.29. The number of hydrogen-bond donors (Lipinski definition) is 0. The molecule has 0 heterocycles. The SMILES string of the molecule is C=CC(=O)C(C)(C)OCC(C)(C)Oc1ccccc1-c1ccccc1. The van der Waals surface area contributed by atoms with Gasteiger partial charge in [-0.05, 0) is 45.4 Å². The molecule has 0 saturated heterocycles. The molecule has 3 heteroatoms. The van der Waals surface area contributed by atoms with Crippen molar-refractivity contribution in [1.82, 2.24) is 0 Å². The highest BCUT2D eigenvalue weighted by atomic mass is 16.6. The van der Waals surface area contributed by atoms with E-state index in [1.807, 2.05) is 56.3 Å². The van der Waals surface area contributed by atoms with Crippen LogP contribution in [0.15, 0.2) is 67.3 Å². The van der Waals surface area contributed by atoms with Gasteiger partial charge in [0, 0.05) is 5.56 Å². The average Bonchev–Trinajstić information content (AvgIpc) is 2.60. The Morgan fingerprint density at radius 3 is 2.24 bits per heavy atom. The van der Waals surface area contributed by atoms with Crippen molar-refractivity contribution in [3.8, 4) is 16.9 Å². The topological polar surface area (TPSA) is 35.5 Å². The lowest BCUT2D eigenvalue weighted by atomic mass is 10.0. The summed E-state index contributed by atoms with van der Waals surface area (Å²) < 4.78 is 12.1. The van der Waals surface area contributed by atoms with Gasteiger partial charge >= 0.3 is 0 Å². The van der Waals surface area contributed by atoms with Crippen molar-refractivity contribution < 1.29 is 14.3 Å². The first-order chi connectivity index (χ1) is 11.7. The van der Waals surface area contributed by atoms with Crippen molar-refractivity contribution in [3.05, 3.63) is 67.3 Å². The second kappa shape index (κ2) is 7.66. The van der Waals surface area contributed by atoms with Crippen LogP contribution in [0, 0.1) is 0 Å². The lowest BCUT2D eigenvalue weighted by Gasteiger charge is -2.31. The minimum atomic E-state index is -0.915. The minimum Gasteiger partial charge on any atom is -0.485 e. The summed E-state index contributed by atoms with van der Waals surface area (Å²) in [5.74, 6) is 0.642. The molecule has 2 aromatic carbocycles. The molecule has 0 amide bonds. The van der Waals surface area contributed by atoms with E-state index in [0.717, 1.165) is 16.9 Å². The number of hydrogen-bond acceptors (Lipinski definition) is 3. The van der Waals surface area contributed by atoms with Crippen LogP contribution in [0.2, 0.25) is 0 Å². The lowest BCUT2D eigenvalue weighted by molar-refractivity contribution is -0.141. The molecule has 0 aliphatic carbocycles. The van der Waals surface area contributed by atoms with E-state index < -0.39 is 11.2 Å². The van der Waals surface area contributed by atoms with Crippen LogP contribution in [0.5, 0.6) is 5.75 Å². The van der Waals surface area contributed by atoms with Crippen LogP contribution in [0.4, 0.5) is 0 Å². The van der Waals surface area contributed by atoms with Crippen LogP contribution in [0.25, 0.3) is 11.1 Å². The van der Waals surface area contributed by atoms with Crippen molar-refractivity contribution in [2.24, 2.45) is 0 Å². The molecule has 0 saturated carbocycles. The van der Waals surface area contributed by atoms with E-state index >= 15 is 0 Å². The summed E-state index contributed by atoms with van der Waals surface area (Å²) in [7, 11) is 0. The van der Waals surface area contributed by atoms with Gasteiger partial charge in [0.15, 0.2) is 5.78 Å². The Morgan fingerprint density at radius 1 is 1.00 bits per heavy atom. The van der Waals surface area contributed by atoms with Gasteiger partial charge in [0.25, 0.3) is 0 Å². The van der Waals surface area contributed by atoms with Crippen LogP contribution >= 0.6 is 0 Å². The molecule has 0 N–H and O–H groups in total. The molecule has 0 fully saturated rings. The van der Waals surface area contributed by atoms with Gasteiger partial charge in [0.05, 0.1) is 6.61 Å². The number of carbonyl (C=O) groups excluding carboxylic acids is 1. The fourth-order valence-electron chi connectivity index (χ4n) is 2.41. The fraction of sp³-hybridized carbons (Fsp3) is 0.318. The van der Waals surface area contributed by atoms with E-state index in [1.54, 1.807) is 13.8 Å². The maximum absolute atomic E-state index is 11.9. The van der Waals surface area contributed by atoms with Gasteiger partial charge in [0.2, 0.25) is 0 Å². The molecule has 0 aromatic heterocycles. The summed E-state index contributed by atoms with van der Waals surface area (Å²) in [4.78, 5) is 11.9. The van der Waals surface area contributed by atoms with Crippen LogP contribution in [0.1, 0.15) is 27.7 Å². The average molecular weight is 338 g/mol. The molecular weight excluding hydrogens is 312 g/mol. The monoisotopic (exact) mass is 338 g/mol. The molecule has 0 unspecified atom stereocenters. The molecule has 0 aliphatic heterocycles. The Hall–Kier alpha value is -2.39. The second-order valence-electron chi connectivity index (χ2n) is 7.09. The lowest BCUT2D eigenvalue weighted by Crippen LogP contribution is -2.42. The summed E-state index contributed by atoms with van der Waals surface area (Å²) >= 11 is 0. The fourth-order valence-corrected chi connectivity index (χ4v) is 2.41. The van der Waals surface area contributed by atoms with Crippen LogP contribution in [0.3, 0.4) is 0 Å². The molecule has 0 radical (unpaired) electrons. The Labute approximate surface area is 150 Å². The smallest absolute Gasteiger partial charge is 0.186 e. The molecule has 3 nitrogen and oxygen atoms in total. The highest BCUT2D eigenvalue weighted by Gasteiger charge is 2.31. The Bertz CT molecular complexity index is 730. The van der Waals surface area contributed by atoms with Gasteiger partial charge in [-0.2, -0.15) is 0 Å². The van der Waals surface area contributed by atoms with Crippen molar-refractivity contribution in [3.63, 3.8) is 0 Å². The molecule has 2 aromatic rings. The van der Waals surface area contributed by atoms with Gasteiger partial charge in [0.1, 0.15) is 17.0 Å². The first-order valence-electron chi connectivity index (χ1n) is 8.39. The van der Waals surface area contributed by atoms with E-state index in [-0.39, 0.29) is 12.4 Å². The summed E-state index contributed by atoms with van der Waals surface area (Å²) in [6.45, 7) is 11.2. The van der Waals surface area contributed by atoms with Crippen molar-refractivity contribution in [2.75, 3.05) is 6.61 Å². The Balaban J connectivity index is 2.16. The number of para-hydroxylation sites is 1. The molecule has 0 atom stereocenters. The minimum absolute atomic E-state index is 0.145. The van der Waals surface area contributed by atoms with Crippen molar-refractivity contribution >= 4 is 5.78 Å². The van der Waals surface area contributed by atoms with Crippen LogP contribution in [-0.2, 0) is 9.53 Å². The highest BCUT2D eigenvalue weighted by Crippen LogP contribution is 2.32. The molecule has 0 spiro atoms. The number of ketones is 1. The maximum Gasteiger partial charge on any atom is 0.186 e. The number of ether oxygens (including phenoxy) is 2. The third-order valence-corrected chi connectivity index (χ3v) is 3.92. The molecule has 132 valence electrons. The summed E-state index contributed by atoms with van der Waals surface area (Å²) in [5, 5.41) is 0. The molecule has 2 rings (SSSR count). The van der Waals surface area contributed by atoms with Crippen molar-refractivity contribution in [1.29, 1.82) is 0 Å². The predicted octanol–water partition coefficient (Wildman–Crippen LogP) is 5.06. The summed E-state index contributed by atoms with van der Waals surface area (Å²) in [6, 6.07) is 18.0. The number of benzene rings is 2. The highest BCUT2D eigenvalue weighted by molar-refractivity contribution is 5.95. The van der Waals surface area contributed by atoms with E-state index in [4.69, 9.17) is 9.47 Å². The zero-order valence-electron chi connectivity index (χ0n) is 15.4. The van der Waals surface area contributed by atoms with Crippen LogP contribution < -0.4 is 4.74 Å². The molecular formula is C22H26O3. The Morgan fingerprint density at radius 2 is 1.60 bits per heavy atom. The van der Waals surface area contributed by atoms with Gasteiger partial charge < -0.3 is 9.47 Å². The zero-order chi connectivity index (χ0) is 18.5. The van der Waals surface area contributed by atoms with E-state index in [0.29, 0.717) is 0 Å². The van der Waals surface area contributed by atoms with Crippen molar-refractivity contribution in [2.45, 2.75) is 38.9 Å². The Kier molecular flexibility index (Phi) is 5.81. The molecule has 0 bridgehead atoms. The first kappa shape index (κ1) is 18.9. The maximum atomic E-state index is 11.9. The third kappa shape index (κ3) is 5.04. The van der Waals surface area contributed by atoms with E-state index in [2.05, 4.69) is 18.7 Å². The normalized spacial score (nSPS) is 11.8. The zero-order valence-corrected chi connectivity index (χ0v) is 15.4. The molecule has 25 heavy (non-hydrogen) atoms. The van der Waals surface area contributed by atoms with E-state index in [1.165, 1.54) is 6.08 Å². The summed E-state index contributed by atoms with van der Waals surface area (Å²) in [5.41, 5.74) is 0.611. The van der Waals surface area contributed by atoms with E-state index in [9.17, 15) is 4.79 Å². The van der Waals surface area contributed by atoms with Gasteiger partial charge in [-0.15, -0.1) is 0 Å². The molecule has 0 aliphatic rings. The number of carbonyl (C=O) groups is 1. The third-order valence-electron chi connectivity index (χ3n) is 3.92. The van der Waals surface area contributed by atoms with Crippen LogP contribution in [-0.4, -0.2) is 23.6 Å². The quantitative estimate of drug-likeness (QED) is 0.631. The standard InChI is InChI=1S/C22H26O3/c1-6-20(23)22(4,5)24-16-21(2,3)25-19-15-11-10-14-18(19)17-12-8-7-9-13-17/h6-15H,1,16H2,2-5H3.